The molecule has 4 heterocycles. The first-order valence-corrected chi connectivity index (χ1v) is 11.2. The second-order valence-electron chi connectivity index (χ2n) is 8.11. The Hall–Kier alpha value is -2.78. The van der Waals surface area contributed by atoms with Gasteiger partial charge < -0.3 is 20.1 Å². The maximum absolute atomic E-state index is 14.9. The van der Waals surface area contributed by atoms with Crippen LogP contribution in [-0.4, -0.2) is 58.7 Å². The topological polar surface area (TPSA) is 83.4 Å². The molecule has 0 aliphatic carbocycles. The van der Waals surface area contributed by atoms with Gasteiger partial charge in [0.15, 0.2) is 5.01 Å². The summed E-state index contributed by atoms with van der Waals surface area (Å²) >= 11 is 1.36. The SMILES string of the molecule is COc1cc(-c2ccc(-c3nnc(N(C)C4CC5CCC(N5)C4F)s3)c(O)c2)ccn1. The highest BCUT2D eigenvalue weighted by molar-refractivity contribution is 7.18. The first kappa shape index (κ1) is 20.1. The molecule has 9 heteroatoms. The number of alkyl halides is 1. The van der Waals surface area contributed by atoms with Crippen molar-refractivity contribution in [3.8, 4) is 33.3 Å². The second-order valence-corrected chi connectivity index (χ2v) is 9.07. The van der Waals surface area contributed by atoms with Crippen molar-refractivity contribution in [1.29, 1.82) is 0 Å². The minimum Gasteiger partial charge on any atom is -0.507 e. The Morgan fingerprint density at radius 2 is 2.03 bits per heavy atom. The van der Waals surface area contributed by atoms with Gasteiger partial charge >= 0.3 is 0 Å². The summed E-state index contributed by atoms with van der Waals surface area (Å²) < 4.78 is 20.1. The summed E-state index contributed by atoms with van der Waals surface area (Å²) in [6.07, 6.45) is 3.41. The molecule has 3 aromatic rings. The summed E-state index contributed by atoms with van der Waals surface area (Å²) in [5.41, 5.74) is 2.33. The number of nitrogens with one attached hydrogen (secondary N) is 1. The molecule has 2 aliphatic heterocycles. The zero-order valence-electron chi connectivity index (χ0n) is 17.3. The number of hydrogen-bond acceptors (Lipinski definition) is 8. The molecule has 2 N–H and O–H groups in total. The third kappa shape index (κ3) is 3.72. The summed E-state index contributed by atoms with van der Waals surface area (Å²) in [4.78, 5) is 6.02. The van der Waals surface area contributed by atoms with E-state index >= 15 is 0 Å². The second kappa shape index (κ2) is 8.05. The van der Waals surface area contributed by atoms with Crippen LogP contribution in [0.2, 0.25) is 0 Å². The van der Waals surface area contributed by atoms with Gasteiger partial charge in [-0.2, -0.15) is 0 Å². The summed E-state index contributed by atoms with van der Waals surface area (Å²) in [5.74, 6) is 0.622. The van der Waals surface area contributed by atoms with E-state index in [0.717, 1.165) is 30.4 Å². The number of hydrogen-bond donors (Lipinski definition) is 2. The molecule has 4 atom stereocenters. The number of phenolic OH excluding ortho intramolecular Hbond substituents is 1. The lowest BCUT2D eigenvalue weighted by atomic mass is 9.97. The highest BCUT2D eigenvalue weighted by atomic mass is 32.1. The Morgan fingerprint density at radius 1 is 1.19 bits per heavy atom. The van der Waals surface area contributed by atoms with Gasteiger partial charge in [-0.3, -0.25) is 0 Å². The molecule has 2 saturated heterocycles. The van der Waals surface area contributed by atoms with Crippen LogP contribution in [0.1, 0.15) is 19.3 Å². The summed E-state index contributed by atoms with van der Waals surface area (Å²) in [5, 5.41) is 23.8. The molecule has 4 unspecified atom stereocenters. The Bertz CT molecular complexity index is 1090. The standard InChI is InChI=1S/C22H24FN5O2S/c1-28(17-11-14-4-6-16(25-14)20(17)23)22-27-26-21(31-22)15-5-3-12(9-18(15)29)13-7-8-24-19(10-13)30-2/h3,5,7-10,14,16-17,20,25,29H,4,6,11H2,1-2H3. The predicted octanol–water partition coefficient (Wildman–Crippen LogP) is 3.65. The van der Waals surface area contributed by atoms with Gasteiger partial charge in [-0.05, 0) is 48.6 Å². The van der Waals surface area contributed by atoms with Gasteiger partial charge in [0.05, 0.1) is 18.7 Å². The van der Waals surface area contributed by atoms with E-state index in [0.29, 0.717) is 27.6 Å². The zero-order valence-corrected chi connectivity index (χ0v) is 18.1. The molecule has 2 aliphatic rings. The molecular formula is C22H24FN5O2S. The van der Waals surface area contributed by atoms with E-state index in [-0.39, 0.29) is 17.8 Å². The van der Waals surface area contributed by atoms with E-state index < -0.39 is 6.17 Å². The number of phenols is 1. The maximum Gasteiger partial charge on any atom is 0.213 e. The van der Waals surface area contributed by atoms with E-state index in [2.05, 4.69) is 20.5 Å². The largest absolute Gasteiger partial charge is 0.507 e. The fourth-order valence-electron chi connectivity index (χ4n) is 4.55. The fraction of sp³-hybridized carbons (Fsp3) is 0.409. The number of halogens is 1. The lowest BCUT2D eigenvalue weighted by molar-refractivity contribution is 0.176. The summed E-state index contributed by atoms with van der Waals surface area (Å²) in [6, 6.07) is 9.19. The van der Waals surface area contributed by atoms with Crippen LogP contribution in [0, 0.1) is 0 Å². The van der Waals surface area contributed by atoms with E-state index in [4.69, 9.17) is 4.74 Å². The minimum absolute atomic E-state index is 0.0676. The van der Waals surface area contributed by atoms with Gasteiger partial charge in [0.2, 0.25) is 11.0 Å². The zero-order chi connectivity index (χ0) is 21.5. The smallest absolute Gasteiger partial charge is 0.213 e. The molecule has 2 aromatic heterocycles. The van der Waals surface area contributed by atoms with Crippen molar-refractivity contribution < 1.29 is 14.2 Å². The summed E-state index contributed by atoms with van der Waals surface area (Å²) in [6.45, 7) is 0. The third-order valence-electron chi connectivity index (χ3n) is 6.27. The van der Waals surface area contributed by atoms with Crippen molar-refractivity contribution in [2.24, 2.45) is 0 Å². The number of nitrogens with zero attached hydrogens (tertiary/aromatic N) is 4. The van der Waals surface area contributed by atoms with E-state index in [1.807, 2.05) is 36.2 Å². The molecule has 162 valence electrons. The monoisotopic (exact) mass is 441 g/mol. The van der Waals surface area contributed by atoms with Crippen molar-refractivity contribution >= 4 is 16.5 Å². The van der Waals surface area contributed by atoms with Gasteiger partial charge in [-0.1, -0.05) is 17.4 Å². The van der Waals surface area contributed by atoms with Crippen LogP contribution in [0.25, 0.3) is 21.7 Å². The lowest BCUT2D eigenvalue weighted by Gasteiger charge is -2.38. The van der Waals surface area contributed by atoms with Crippen molar-refractivity contribution in [1.82, 2.24) is 20.5 Å². The quantitative estimate of drug-likeness (QED) is 0.625. The minimum atomic E-state index is -0.930. The number of piperidine rings is 1. The van der Waals surface area contributed by atoms with Gasteiger partial charge in [0, 0.05) is 31.4 Å². The van der Waals surface area contributed by atoms with Gasteiger partial charge in [0.1, 0.15) is 11.9 Å². The fourth-order valence-corrected chi connectivity index (χ4v) is 5.45. The highest BCUT2D eigenvalue weighted by Gasteiger charge is 2.44. The number of ether oxygens (including phenoxy) is 1. The first-order chi connectivity index (χ1) is 15.0. The molecule has 5 rings (SSSR count). The van der Waals surface area contributed by atoms with Crippen LogP contribution in [0.3, 0.4) is 0 Å². The number of aromatic nitrogens is 3. The van der Waals surface area contributed by atoms with Crippen LogP contribution in [-0.2, 0) is 0 Å². The first-order valence-electron chi connectivity index (χ1n) is 10.3. The maximum atomic E-state index is 14.9. The molecule has 2 bridgehead atoms. The Kier molecular flexibility index (Phi) is 5.23. The number of fused-ring (bicyclic) bond motifs is 2. The van der Waals surface area contributed by atoms with Crippen LogP contribution in [0.4, 0.5) is 9.52 Å². The van der Waals surface area contributed by atoms with Crippen LogP contribution < -0.4 is 15.0 Å². The Labute approximate surface area is 183 Å². The van der Waals surface area contributed by atoms with Gasteiger partial charge in [-0.15, -0.1) is 10.2 Å². The summed E-state index contributed by atoms with van der Waals surface area (Å²) in [7, 11) is 3.45. The Morgan fingerprint density at radius 3 is 2.84 bits per heavy atom. The number of methoxy groups -OCH3 is 1. The van der Waals surface area contributed by atoms with E-state index in [1.54, 1.807) is 19.4 Å². The molecule has 0 spiro atoms. The van der Waals surface area contributed by atoms with Gasteiger partial charge in [0.25, 0.3) is 0 Å². The average Bonchev–Trinajstić information content (AvgIpc) is 3.44. The average molecular weight is 442 g/mol. The van der Waals surface area contributed by atoms with Gasteiger partial charge in [-0.25, -0.2) is 9.37 Å². The van der Waals surface area contributed by atoms with Crippen LogP contribution >= 0.6 is 11.3 Å². The molecule has 1 aromatic carbocycles. The Balaban J connectivity index is 1.38. The van der Waals surface area contributed by atoms with Crippen molar-refractivity contribution in [3.63, 3.8) is 0 Å². The molecule has 7 nitrogen and oxygen atoms in total. The lowest BCUT2D eigenvalue weighted by Crippen LogP contribution is -2.55. The molecule has 2 fully saturated rings. The number of rotatable bonds is 5. The molecule has 31 heavy (non-hydrogen) atoms. The number of anilines is 1. The van der Waals surface area contributed by atoms with Crippen LogP contribution in [0.5, 0.6) is 11.6 Å². The highest BCUT2D eigenvalue weighted by Crippen LogP contribution is 2.39. The van der Waals surface area contributed by atoms with Crippen LogP contribution in [0.15, 0.2) is 36.5 Å². The van der Waals surface area contributed by atoms with Crippen molar-refractivity contribution in [3.05, 3.63) is 36.5 Å². The molecule has 0 amide bonds. The van der Waals surface area contributed by atoms with Crippen molar-refractivity contribution in [2.45, 2.75) is 43.6 Å². The normalized spacial score (nSPS) is 24.9. The molecule has 0 saturated carbocycles. The number of benzene rings is 1. The van der Waals surface area contributed by atoms with E-state index in [9.17, 15) is 9.50 Å². The van der Waals surface area contributed by atoms with E-state index in [1.165, 1.54) is 11.3 Å². The van der Waals surface area contributed by atoms with Crippen molar-refractivity contribution in [2.75, 3.05) is 19.1 Å². The molecule has 0 radical (unpaired) electrons. The predicted molar refractivity (Wildman–Crippen MR) is 118 cm³/mol. The molecular weight excluding hydrogens is 417 g/mol. The number of aromatic hydroxyl groups is 1. The third-order valence-corrected chi connectivity index (χ3v) is 7.32. The number of pyridine rings is 1.